The average molecular weight is 368 g/mol. The number of anilines is 1. The zero-order valence-electron chi connectivity index (χ0n) is 16.2. The first-order chi connectivity index (χ1) is 12.7. The van der Waals surface area contributed by atoms with Crippen LogP contribution in [-0.4, -0.2) is 26.0 Å². The van der Waals surface area contributed by atoms with E-state index < -0.39 is 0 Å². The molecule has 3 rings (SSSR count). The number of carbonyl (C=O) groups is 1. The van der Waals surface area contributed by atoms with Crippen LogP contribution in [0.15, 0.2) is 34.9 Å². The van der Waals surface area contributed by atoms with Crippen molar-refractivity contribution in [1.29, 1.82) is 0 Å². The maximum atomic E-state index is 12.2. The van der Waals surface area contributed by atoms with E-state index in [-0.39, 0.29) is 11.4 Å². The summed E-state index contributed by atoms with van der Waals surface area (Å²) in [7, 11) is 1.81. The summed E-state index contributed by atoms with van der Waals surface area (Å²) in [4.78, 5) is 16.4. The van der Waals surface area contributed by atoms with Gasteiger partial charge in [0.15, 0.2) is 0 Å². The van der Waals surface area contributed by atoms with Crippen LogP contribution in [0.2, 0.25) is 0 Å². The van der Waals surface area contributed by atoms with Crippen molar-refractivity contribution in [2.75, 3.05) is 5.32 Å². The van der Waals surface area contributed by atoms with Gasteiger partial charge in [-0.1, -0.05) is 50.2 Å². The molecule has 0 atom stereocenters. The monoisotopic (exact) mass is 368 g/mol. The third kappa shape index (κ3) is 4.52. The number of aromatic nitrogens is 4. The fraction of sp³-hybridized carbons (Fsp3) is 0.368. The molecule has 2 amide bonds. The van der Waals surface area contributed by atoms with Crippen LogP contribution in [0.4, 0.5) is 10.6 Å². The Balaban J connectivity index is 1.57. The first-order valence-corrected chi connectivity index (χ1v) is 8.71. The lowest BCUT2D eigenvalue weighted by molar-refractivity contribution is 0.251. The number of urea groups is 1. The van der Waals surface area contributed by atoms with Crippen molar-refractivity contribution in [3.8, 4) is 11.4 Å². The van der Waals surface area contributed by atoms with Crippen molar-refractivity contribution in [1.82, 2.24) is 25.2 Å². The summed E-state index contributed by atoms with van der Waals surface area (Å²) in [5, 5.41) is 14.0. The quantitative estimate of drug-likeness (QED) is 0.735. The largest absolute Gasteiger partial charge is 0.339 e. The van der Waals surface area contributed by atoms with Crippen LogP contribution >= 0.6 is 0 Å². The zero-order chi connectivity index (χ0) is 19.6. The number of benzene rings is 1. The maximum absolute atomic E-state index is 12.2. The molecule has 8 nitrogen and oxygen atoms in total. The summed E-state index contributed by atoms with van der Waals surface area (Å²) in [6.07, 6.45) is 0. The van der Waals surface area contributed by atoms with E-state index in [0.717, 1.165) is 16.8 Å². The van der Waals surface area contributed by atoms with Gasteiger partial charge >= 0.3 is 6.03 Å². The molecule has 0 radical (unpaired) electrons. The van der Waals surface area contributed by atoms with Gasteiger partial charge in [0.25, 0.3) is 0 Å². The zero-order valence-corrected chi connectivity index (χ0v) is 16.2. The van der Waals surface area contributed by atoms with Gasteiger partial charge in [-0.25, -0.2) is 4.79 Å². The molecule has 27 heavy (non-hydrogen) atoms. The summed E-state index contributed by atoms with van der Waals surface area (Å²) >= 11 is 0. The van der Waals surface area contributed by atoms with Gasteiger partial charge in [0, 0.05) is 37.6 Å². The molecule has 142 valence electrons. The van der Waals surface area contributed by atoms with Gasteiger partial charge < -0.3 is 9.84 Å². The molecule has 1 aromatic carbocycles. The van der Waals surface area contributed by atoms with E-state index in [2.05, 4.69) is 46.6 Å². The van der Waals surface area contributed by atoms with E-state index in [1.54, 1.807) is 11.6 Å². The van der Waals surface area contributed by atoms with E-state index in [0.29, 0.717) is 24.1 Å². The van der Waals surface area contributed by atoms with Gasteiger partial charge in [-0.15, -0.1) is 0 Å². The number of amides is 2. The molecule has 2 heterocycles. The van der Waals surface area contributed by atoms with Gasteiger partial charge in [-0.3, -0.25) is 10.00 Å². The Kier molecular flexibility index (Phi) is 4.98. The summed E-state index contributed by atoms with van der Waals surface area (Å²) < 4.78 is 6.65. The Morgan fingerprint density at radius 1 is 1.22 bits per heavy atom. The van der Waals surface area contributed by atoms with Crippen LogP contribution in [0.1, 0.15) is 37.9 Å². The molecule has 8 heteroatoms. The van der Waals surface area contributed by atoms with Crippen LogP contribution in [0.5, 0.6) is 0 Å². The molecule has 0 saturated heterocycles. The molecule has 0 spiro atoms. The summed E-state index contributed by atoms with van der Waals surface area (Å²) in [6.45, 7) is 8.40. The second-order valence-electron chi connectivity index (χ2n) is 7.43. The fourth-order valence-corrected chi connectivity index (χ4v) is 2.48. The Labute approximate surface area is 158 Å². The maximum Gasteiger partial charge on any atom is 0.320 e. The average Bonchev–Trinajstić information content (AvgIpc) is 3.20. The van der Waals surface area contributed by atoms with Crippen molar-refractivity contribution in [3.63, 3.8) is 0 Å². The normalized spacial score (nSPS) is 11.4. The fourth-order valence-electron chi connectivity index (χ4n) is 2.48. The van der Waals surface area contributed by atoms with E-state index in [1.807, 2.05) is 37.4 Å². The molecule has 0 unspecified atom stereocenters. The molecule has 0 saturated carbocycles. The third-order valence-electron chi connectivity index (χ3n) is 4.08. The van der Waals surface area contributed by atoms with Gasteiger partial charge in [0.2, 0.25) is 11.7 Å². The highest BCUT2D eigenvalue weighted by molar-refractivity contribution is 5.88. The van der Waals surface area contributed by atoms with Crippen LogP contribution < -0.4 is 10.6 Å². The lowest BCUT2D eigenvalue weighted by atomic mass is 9.92. The minimum absolute atomic E-state index is 0.0762. The minimum Gasteiger partial charge on any atom is -0.339 e. The summed E-state index contributed by atoms with van der Waals surface area (Å²) in [5.41, 5.74) is 2.68. The molecule has 0 aliphatic heterocycles. The molecule has 0 fully saturated rings. The number of aryl methyl sites for hydroxylation is 2. The lowest BCUT2D eigenvalue weighted by Gasteiger charge is -2.13. The number of carbonyl (C=O) groups excluding carboxylic acids is 1. The Morgan fingerprint density at radius 3 is 2.48 bits per heavy atom. The van der Waals surface area contributed by atoms with Crippen molar-refractivity contribution < 1.29 is 9.32 Å². The molecular weight excluding hydrogens is 344 g/mol. The second kappa shape index (κ2) is 7.22. The van der Waals surface area contributed by atoms with Crippen LogP contribution in [-0.2, 0) is 19.0 Å². The standard InChI is InChI=1S/C19H24N6O2/c1-12-21-17(24-27-12)14-8-6-13(7-9-14)11-20-18(26)22-16-10-15(19(2,3)4)23-25(16)5/h6-10H,11H2,1-5H3,(H2,20,22,26). The molecule has 0 aliphatic rings. The van der Waals surface area contributed by atoms with Crippen molar-refractivity contribution in [3.05, 3.63) is 47.5 Å². The Bertz CT molecular complexity index is 934. The number of rotatable bonds is 4. The van der Waals surface area contributed by atoms with E-state index in [1.165, 1.54) is 0 Å². The van der Waals surface area contributed by atoms with E-state index >= 15 is 0 Å². The van der Waals surface area contributed by atoms with Crippen molar-refractivity contribution >= 4 is 11.8 Å². The highest BCUT2D eigenvalue weighted by Gasteiger charge is 2.19. The SMILES string of the molecule is Cc1nc(-c2ccc(CNC(=O)Nc3cc(C(C)(C)C)nn3C)cc2)no1. The second-order valence-corrected chi connectivity index (χ2v) is 7.43. The Hall–Kier alpha value is -3.16. The summed E-state index contributed by atoms with van der Waals surface area (Å²) in [6, 6.07) is 9.25. The predicted molar refractivity (Wildman–Crippen MR) is 102 cm³/mol. The molecule has 3 aromatic rings. The van der Waals surface area contributed by atoms with E-state index in [9.17, 15) is 4.79 Å². The lowest BCUT2D eigenvalue weighted by Crippen LogP contribution is -2.29. The van der Waals surface area contributed by atoms with Crippen molar-refractivity contribution in [2.24, 2.45) is 7.05 Å². The first kappa shape index (κ1) is 18.6. The van der Waals surface area contributed by atoms with Gasteiger partial charge in [0.05, 0.1) is 5.69 Å². The summed E-state index contributed by atoms with van der Waals surface area (Å²) in [5.74, 6) is 1.73. The number of hydrogen-bond acceptors (Lipinski definition) is 5. The van der Waals surface area contributed by atoms with Gasteiger partial charge in [-0.05, 0) is 5.56 Å². The topological polar surface area (TPSA) is 97.9 Å². The van der Waals surface area contributed by atoms with Crippen molar-refractivity contribution in [2.45, 2.75) is 39.7 Å². The molecule has 2 N–H and O–H groups in total. The number of nitrogens with zero attached hydrogens (tertiary/aromatic N) is 4. The number of nitrogens with one attached hydrogen (secondary N) is 2. The van der Waals surface area contributed by atoms with Crippen LogP contribution in [0.3, 0.4) is 0 Å². The first-order valence-electron chi connectivity index (χ1n) is 8.71. The van der Waals surface area contributed by atoms with Crippen LogP contribution in [0, 0.1) is 6.92 Å². The minimum atomic E-state index is -0.281. The molecule has 0 bridgehead atoms. The van der Waals surface area contributed by atoms with Gasteiger partial charge in [0.1, 0.15) is 5.82 Å². The third-order valence-corrected chi connectivity index (χ3v) is 4.08. The number of hydrogen-bond donors (Lipinski definition) is 2. The highest BCUT2D eigenvalue weighted by Crippen LogP contribution is 2.23. The van der Waals surface area contributed by atoms with Gasteiger partial charge in [-0.2, -0.15) is 10.1 Å². The van der Waals surface area contributed by atoms with Crippen LogP contribution in [0.25, 0.3) is 11.4 Å². The predicted octanol–water partition coefficient (Wildman–Crippen LogP) is 3.40. The smallest absolute Gasteiger partial charge is 0.320 e. The highest BCUT2D eigenvalue weighted by atomic mass is 16.5. The molecular formula is C19H24N6O2. The Morgan fingerprint density at radius 2 is 1.93 bits per heavy atom. The molecule has 2 aromatic heterocycles. The van der Waals surface area contributed by atoms with E-state index in [4.69, 9.17) is 4.52 Å². The molecule has 0 aliphatic carbocycles.